The number of hydrogen-bond acceptors (Lipinski definition) is 5. The zero-order valence-electron chi connectivity index (χ0n) is 14.3. The standard InChI is InChI=1S/C19H19FN2O4/c1-24-18-8-7-14(9-16(18)20)17-10-15(26-22-17)11-21-19(23)25-12-13-5-3-2-4-6-13/h2-9,15H,10-12H2,1H3,(H,21,23). The highest BCUT2D eigenvalue weighted by atomic mass is 19.1. The summed E-state index contributed by atoms with van der Waals surface area (Å²) in [6.45, 7) is 0.449. The fourth-order valence-electron chi connectivity index (χ4n) is 2.53. The number of carbonyl (C=O) groups excluding carboxylic acids is 1. The zero-order chi connectivity index (χ0) is 18.4. The molecule has 0 saturated heterocycles. The van der Waals surface area contributed by atoms with Crippen molar-refractivity contribution in [3.8, 4) is 5.75 Å². The summed E-state index contributed by atoms with van der Waals surface area (Å²) < 4.78 is 23.8. The highest BCUT2D eigenvalue weighted by Crippen LogP contribution is 2.22. The second kappa shape index (κ2) is 8.33. The van der Waals surface area contributed by atoms with Crippen molar-refractivity contribution in [3.05, 3.63) is 65.5 Å². The van der Waals surface area contributed by atoms with Crippen LogP contribution in [0.5, 0.6) is 5.75 Å². The molecule has 0 spiro atoms. The Balaban J connectivity index is 1.44. The molecule has 6 nitrogen and oxygen atoms in total. The summed E-state index contributed by atoms with van der Waals surface area (Å²) >= 11 is 0. The van der Waals surface area contributed by atoms with Gasteiger partial charge >= 0.3 is 6.09 Å². The van der Waals surface area contributed by atoms with Crippen molar-refractivity contribution in [1.82, 2.24) is 5.32 Å². The monoisotopic (exact) mass is 358 g/mol. The van der Waals surface area contributed by atoms with Crippen molar-refractivity contribution < 1.29 is 23.5 Å². The van der Waals surface area contributed by atoms with E-state index in [4.69, 9.17) is 14.3 Å². The van der Waals surface area contributed by atoms with Crippen LogP contribution < -0.4 is 10.1 Å². The first kappa shape index (κ1) is 17.7. The minimum absolute atomic E-state index is 0.174. The minimum Gasteiger partial charge on any atom is -0.494 e. The van der Waals surface area contributed by atoms with Gasteiger partial charge in [-0.05, 0) is 23.8 Å². The molecule has 1 atom stereocenters. The fourth-order valence-corrected chi connectivity index (χ4v) is 2.53. The van der Waals surface area contributed by atoms with E-state index in [1.165, 1.54) is 13.2 Å². The molecule has 1 heterocycles. The molecule has 1 N–H and O–H groups in total. The number of ether oxygens (including phenoxy) is 2. The van der Waals surface area contributed by atoms with Gasteiger partial charge in [-0.3, -0.25) is 0 Å². The smallest absolute Gasteiger partial charge is 0.407 e. The second-order valence-electron chi connectivity index (χ2n) is 5.76. The molecule has 26 heavy (non-hydrogen) atoms. The molecule has 1 aliphatic heterocycles. The van der Waals surface area contributed by atoms with Crippen LogP contribution in [0.2, 0.25) is 0 Å². The van der Waals surface area contributed by atoms with Crippen molar-refractivity contribution in [2.75, 3.05) is 13.7 Å². The summed E-state index contributed by atoms with van der Waals surface area (Å²) in [5, 5.41) is 6.62. The van der Waals surface area contributed by atoms with E-state index in [9.17, 15) is 9.18 Å². The summed E-state index contributed by atoms with van der Waals surface area (Å²) in [6.07, 6.45) is -0.383. The van der Waals surface area contributed by atoms with E-state index < -0.39 is 11.9 Å². The Hall–Kier alpha value is -3.09. The quantitative estimate of drug-likeness (QED) is 0.861. The molecule has 1 aliphatic rings. The third kappa shape index (κ3) is 4.50. The lowest BCUT2D eigenvalue weighted by Gasteiger charge is -2.10. The summed E-state index contributed by atoms with van der Waals surface area (Å²) in [5.74, 6) is -0.286. The predicted octanol–water partition coefficient (Wildman–Crippen LogP) is 3.25. The highest BCUT2D eigenvalue weighted by Gasteiger charge is 2.23. The molecule has 0 bridgehead atoms. The number of benzene rings is 2. The van der Waals surface area contributed by atoms with Crippen LogP contribution in [0.1, 0.15) is 17.5 Å². The largest absolute Gasteiger partial charge is 0.494 e. The summed E-state index contributed by atoms with van der Waals surface area (Å²) in [6, 6.07) is 14.0. The molecule has 0 aromatic heterocycles. The number of rotatable bonds is 6. The molecular formula is C19H19FN2O4. The van der Waals surface area contributed by atoms with E-state index in [-0.39, 0.29) is 25.0 Å². The van der Waals surface area contributed by atoms with Gasteiger partial charge in [0.05, 0.1) is 19.4 Å². The lowest BCUT2D eigenvalue weighted by atomic mass is 10.0. The third-order valence-corrected chi connectivity index (χ3v) is 3.90. The molecule has 7 heteroatoms. The number of nitrogens with one attached hydrogen (secondary N) is 1. The molecule has 0 radical (unpaired) electrons. The van der Waals surface area contributed by atoms with Gasteiger partial charge in [-0.2, -0.15) is 0 Å². The number of halogens is 1. The number of nitrogens with zero attached hydrogens (tertiary/aromatic N) is 1. The van der Waals surface area contributed by atoms with Gasteiger partial charge in [-0.15, -0.1) is 0 Å². The first-order valence-electron chi connectivity index (χ1n) is 8.17. The molecule has 0 saturated carbocycles. The van der Waals surface area contributed by atoms with Crippen LogP contribution >= 0.6 is 0 Å². The van der Waals surface area contributed by atoms with Crippen molar-refractivity contribution in [2.24, 2.45) is 5.16 Å². The van der Waals surface area contributed by atoms with Crippen LogP contribution in [0.25, 0.3) is 0 Å². The van der Waals surface area contributed by atoms with Gasteiger partial charge in [-0.1, -0.05) is 35.5 Å². The Morgan fingerprint density at radius 1 is 1.31 bits per heavy atom. The van der Waals surface area contributed by atoms with E-state index in [2.05, 4.69) is 10.5 Å². The molecule has 0 aliphatic carbocycles. The Bertz CT molecular complexity index is 795. The topological polar surface area (TPSA) is 69.2 Å². The van der Waals surface area contributed by atoms with Gasteiger partial charge in [0.1, 0.15) is 6.61 Å². The summed E-state index contributed by atoms with van der Waals surface area (Å²) in [5.41, 5.74) is 2.15. The number of carbonyl (C=O) groups is 1. The van der Waals surface area contributed by atoms with Gasteiger partial charge in [0.15, 0.2) is 17.7 Å². The molecular weight excluding hydrogens is 339 g/mol. The van der Waals surface area contributed by atoms with Crippen LogP contribution in [-0.4, -0.2) is 31.6 Å². The predicted molar refractivity (Wildman–Crippen MR) is 93.6 cm³/mol. The van der Waals surface area contributed by atoms with Crippen LogP contribution in [0.4, 0.5) is 9.18 Å². The number of methoxy groups -OCH3 is 1. The molecule has 3 rings (SSSR count). The maximum Gasteiger partial charge on any atom is 0.407 e. The van der Waals surface area contributed by atoms with E-state index in [0.29, 0.717) is 17.7 Å². The summed E-state index contributed by atoms with van der Waals surface area (Å²) in [4.78, 5) is 17.0. The molecule has 2 aromatic rings. The van der Waals surface area contributed by atoms with Gasteiger partial charge in [0.2, 0.25) is 0 Å². The third-order valence-electron chi connectivity index (χ3n) is 3.90. The Morgan fingerprint density at radius 2 is 2.12 bits per heavy atom. The zero-order valence-corrected chi connectivity index (χ0v) is 14.3. The van der Waals surface area contributed by atoms with E-state index >= 15 is 0 Å². The van der Waals surface area contributed by atoms with Crippen LogP contribution in [0, 0.1) is 5.82 Å². The molecule has 0 fully saturated rings. The maximum atomic E-state index is 13.8. The van der Waals surface area contributed by atoms with Crippen molar-refractivity contribution in [1.29, 1.82) is 0 Å². The van der Waals surface area contributed by atoms with Crippen molar-refractivity contribution in [2.45, 2.75) is 19.1 Å². The summed E-state index contributed by atoms with van der Waals surface area (Å²) in [7, 11) is 1.41. The highest BCUT2D eigenvalue weighted by molar-refractivity contribution is 6.01. The van der Waals surface area contributed by atoms with Crippen LogP contribution in [-0.2, 0) is 16.2 Å². The van der Waals surface area contributed by atoms with Crippen molar-refractivity contribution in [3.63, 3.8) is 0 Å². The van der Waals surface area contributed by atoms with Crippen LogP contribution in [0.3, 0.4) is 0 Å². The first-order chi connectivity index (χ1) is 12.7. The average Bonchev–Trinajstić information content (AvgIpc) is 3.14. The number of alkyl carbamates (subject to hydrolysis) is 1. The minimum atomic E-state index is -0.526. The lowest BCUT2D eigenvalue weighted by molar-refractivity contribution is 0.0797. The SMILES string of the molecule is COc1ccc(C2=NOC(CNC(=O)OCc3ccccc3)C2)cc1F. The number of hydrogen-bond donors (Lipinski definition) is 1. The van der Waals surface area contributed by atoms with Gasteiger partial charge in [0, 0.05) is 12.0 Å². The van der Waals surface area contributed by atoms with E-state index in [1.54, 1.807) is 12.1 Å². The average molecular weight is 358 g/mol. The fraction of sp³-hybridized carbons (Fsp3) is 0.263. The Morgan fingerprint density at radius 3 is 2.85 bits per heavy atom. The molecule has 136 valence electrons. The Kier molecular flexibility index (Phi) is 5.68. The van der Waals surface area contributed by atoms with Gasteiger partial charge in [0.25, 0.3) is 0 Å². The molecule has 1 unspecified atom stereocenters. The van der Waals surface area contributed by atoms with Crippen molar-refractivity contribution >= 4 is 11.8 Å². The van der Waals surface area contributed by atoms with Crippen LogP contribution in [0.15, 0.2) is 53.7 Å². The molecule has 1 amide bonds. The molecule has 2 aromatic carbocycles. The van der Waals surface area contributed by atoms with E-state index in [0.717, 1.165) is 5.56 Å². The second-order valence-corrected chi connectivity index (χ2v) is 5.76. The first-order valence-corrected chi connectivity index (χ1v) is 8.17. The van der Waals surface area contributed by atoms with Gasteiger partial charge in [-0.25, -0.2) is 9.18 Å². The van der Waals surface area contributed by atoms with Gasteiger partial charge < -0.3 is 19.6 Å². The number of amides is 1. The lowest BCUT2D eigenvalue weighted by Crippen LogP contribution is -2.32. The normalized spacial score (nSPS) is 15.8. The number of oxime groups is 1. The Labute approximate surface area is 150 Å². The maximum absolute atomic E-state index is 13.8. The van der Waals surface area contributed by atoms with E-state index in [1.807, 2.05) is 30.3 Å².